The number of benzene rings is 2. The number of carbonyl (C=O) groups excluding carboxylic acids is 2. The fourth-order valence-corrected chi connectivity index (χ4v) is 3.78. The molecule has 0 unspecified atom stereocenters. The number of quaternary nitrogens is 1. The number of nitrogens with one attached hydrogen (secondary N) is 2. The summed E-state index contributed by atoms with van der Waals surface area (Å²) in [6.07, 6.45) is 0.156. The lowest BCUT2D eigenvalue weighted by Crippen LogP contribution is -3.15. The first kappa shape index (κ1) is 21.8. The van der Waals surface area contributed by atoms with E-state index in [4.69, 9.17) is 4.74 Å². The molecule has 0 aromatic heterocycles. The van der Waals surface area contributed by atoms with Gasteiger partial charge < -0.3 is 19.9 Å². The lowest BCUT2D eigenvalue weighted by molar-refractivity contribution is -0.895. The van der Waals surface area contributed by atoms with Crippen molar-refractivity contribution in [1.82, 2.24) is 4.90 Å². The van der Waals surface area contributed by atoms with Crippen LogP contribution in [-0.4, -0.2) is 56.5 Å². The summed E-state index contributed by atoms with van der Waals surface area (Å²) in [5.74, 6) is -0.343. The number of amides is 2. The van der Waals surface area contributed by atoms with Crippen molar-refractivity contribution >= 4 is 17.5 Å². The molecule has 3 rings (SSSR count). The van der Waals surface area contributed by atoms with E-state index >= 15 is 0 Å². The minimum Gasteiger partial charge on any atom is -0.494 e. The summed E-state index contributed by atoms with van der Waals surface area (Å²) in [4.78, 5) is 28.0. The van der Waals surface area contributed by atoms with Crippen LogP contribution in [0.5, 0.6) is 5.75 Å². The number of ether oxygens (including phenoxy) is 1. The van der Waals surface area contributed by atoms with Gasteiger partial charge in [0.15, 0.2) is 18.1 Å². The molecule has 1 aliphatic rings. The molecule has 0 radical (unpaired) electrons. The molecule has 2 amide bonds. The Morgan fingerprint density at radius 1 is 1.13 bits per heavy atom. The predicted octanol–water partition coefficient (Wildman–Crippen LogP) is 1.36. The average molecular weight is 415 g/mol. The Bertz CT molecular complexity index is 904. The third kappa shape index (κ3) is 5.36. The smallest absolute Gasteiger partial charge is 0.279 e. The fraction of sp³-hybridized carbons (Fsp3) is 0.391. The van der Waals surface area contributed by atoms with Gasteiger partial charge in [0.05, 0.1) is 39.7 Å². The maximum Gasteiger partial charge on any atom is 0.279 e. The lowest BCUT2D eigenvalue weighted by Gasteiger charge is -2.32. The summed E-state index contributed by atoms with van der Waals surface area (Å²) in [6, 6.07) is 10.5. The first-order chi connectivity index (χ1) is 14.4. The van der Waals surface area contributed by atoms with Crippen LogP contribution in [0.25, 0.3) is 0 Å². The van der Waals surface area contributed by atoms with Gasteiger partial charge in [-0.25, -0.2) is 4.39 Å². The predicted molar refractivity (Wildman–Crippen MR) is 113 cm³/mol. The van der Waals surface area contributed by atoms with Crippen LogP contribution in [-0.2, 0) is 16.0 Å². The highest BCUT2D eigenvalue weighted by molar-refractivity contribution is 5.93. The zero-order valence-electron chi connectivity index (χ0n) is 17.8. The van der Waals surface area contributed by atoms with E-state index in [-0.39, 0.29) is 24.0 Å². The molecule has 0 spiro atoms. The van der Waals surface area contributed by atoms with Crippen LogP contribution in [0.2, 0.25) is 0 Å². The fourth-order valence-electron chi connectivity index (χ4n) is 3.78. The Hall–Kier alpha value is -2.93. The van der Waals surface area contributed by atoms with Gasteiger partial charge in [-0.05, 0) is 42.7 Å². The Kier molecular flexibility index (Phi) is 7.05. The molecule has 0 atom stereocenters. The molecule has 2 aromatic rings. The Balaban J connectivity index is 1.48. The van der Waals surface area contributed by atoms with Crippen molar-refractivity contribution in [1.29, 1.82) is 0 Å². The van der Waals surface area contributed by atoms with Gasteiger partial charge in [0.25, 0.3) is 5.91 Å². The number of methoxy groups -OCH3 is 1. The zero-order valence-corrected chi connectivity index (χ0v) is 17.8. The largest absolute Gasteiger partial charge is 0.494 e. The Morgan fingerprint density at radius 2 is 1.80 bits per heavy atom. The van der Waals surface area contributed by atoms with Crippen molar-refractivity contribution in [3.05, 3.63) is 58.9 Å². The highest BCUT2D eigenvalue weighted by Crippen LogP contribution is 2.19. The Labute approximate surface area is 176 Å². The molecule has 0 saturated carbocycles. The second-order valence-corrected chi connectivity index (χ2v) is 7.77. The second-order valence-electron chi connectivity index (χ2n) is 7.77. The third-order valence-corrected chi connectivity index (χ3v) is 5.55. The molecule has 7 heteroatoms. The van der Waals surface area contributed by atoms with Crippen LogP contribution in [0.4, 0.5) is 10.1 Å². The van der Waals surface area contributed by atoms with Crippen molar-refractivity contribution in [2.24, 2.45) is 0 Å². The van der Waals surface area contributed by atoms with Crippen LogP contribution in [0.3, 0.4) is 0 Å². The van der Waals surface area contributed by atoms with Crippen LogP contribution < -0.4 is 15.0 Å². The number of aryl methyl sites for hydroxylation is 2. The molecule has 0 bridgehead atoms. The molecule has 160 valence electrons. The van der Waals surface area contributed by atoms with Gasteiger partial charge >= 0.3 is 0 Å². The minimum atomic E-state index is -0.466. The number of hydrogen-bond acceptors (Lipinski definition) is 3. The van der Waals surface area contributed by atoms with Crippen molar-refractivity contribution in [2.45, 2.75) is 20.3 Å². The number of anilines is 1. The SMILES string of the molecule is COc1ccc(CC(=O)N2CC[NH+](CC(=O)Nc3c(C)cccc3C)CC2)cc1F. The van der Waals surface area contributed by atoms with Gasteiger partial charge in [-0.3, -0.25) is 9.59 Å². The van der Waals surface area contributed by atoms with Crippen molar-refractivity contribution in [3.8, 4) is 5.75 Å². The summed E-state index contributed by atoms with van der Waals surface area (Å²) in [5.41, 5.74) is 3.59. The van der Waals surface area contributed by atoms with Crippen molar-refractivity contribution < 1.29 is 23.6 Å². The average Bonchev–Trinajstić information content (AvgIpc) is 2.71. The molecule has 1 fully saturated rings. The van der Waals surface area contributed by atoms with Gasteiger partial charge in [0, 0.05) is 5.69 Å². The van der Waals surface area contributed by atoms with Crippen LogP contribution >= 0.6 is 0 Å². The van der Waals surface area contributed by atoms with E-state index in [2.05, 4.69) is 5.32 Å². The van der Waals surface area contributed by atoms with E-state index in [1.807, 2.05) is 32.0 Å². The lowest BCUT2D eigenvalue weighted by atomic mass is 10.1. The Morgan fingerprint density at radius 3 is 2.40 bits per heavy atom. The summed E-state index contributed by atoms with van der Waals surface area (Å²) in [7, 11) is 1.41. The number of rotatable bonds is 6. The van der Waals surface area contributed by atoms with Gasteiger partial charge in [-0.2, -0.15) is 0 Å². The van der Waals surface area contributed by atoms with Crippen LogP contribution in [0, 0.1) is 19.7 Å². The van der Waals surface area contributed by atoms with E-state index in [1.54, 1.807) is 11.0 Å². The topological polar surface area (TPSA) is 63.1 Å². The van der Waals surface area contributed by atoms with E-state index in [1.165, 1.54) is 19.2 Å². The number of hydrogen-bond donors (Lipinski definition) is 2. The van der Waals surface area contributed by atoms with Gasteiger partial charge in [0.1, 0.15) is 0 Å². The highest BCUT2D eigenvalue weighted by atomic mass is 19.1. The normalized spacial score (nSPS) is 14.5. The first-order valence-electron chi connectivity index (χ1n) is 10.2. The summed E-state index contributed by atoms with van der Waals surface area (Å²) < 4.78 is 18.7. The number of halogens is 1. The molecule has 30 heavy (non-hydrogen) atoms. The zero-order chi connectivity index (χ0) is 21.7. The first-order valence-corrected chi connectivity index (χ1v) is 10.2. The highest BCUT2D eigenvalue weighted by Gasteiger charge is 2.25. The van der Waals surface area contributed by atoms with E-state index < -0.39 is 5.82 Å². The van der Waals surface area contributed by atoms with E-state index in [9.17, 15) is 14.0 Å². The van der Waals surface area contributed by atoms with Gasteiger partial charge in [-0.1, -0.05) is 24.3 Å². The standard InChI is InChI=1S/C23H28FN3O3/c1-16-5-4-6-17(2)23(16)25-21(28)15-26-9-11-27(12-10-26)22(29)14-18-7-8-20(30-3)19(24)13-18/h4-8,13H,9-12,14-15H2,1-3H3,(H,25,28)/p+1. The maximum absolute atomic E-state index is 13.8. The van der Waals surface area contributed by atoms with Gasteiger partial charge in [-0.15, -0.1) is 0 Å². The molecule has 1 saturated heterocycles. The summed E-state index contributed by atoms with van der Waals surface area (Å²) in [6.45, 7) is 6.93. The molecule has 1 aliphatic heterocycles. The second kappa shape index (κ2) is 9.71. The molecule has 6 nitrogen and oxygen atoms in total. The monoisotopic (exact) mass is 414 g/mol. The quantitative estimate of drug-likeness (QED) is 0.750. The van der Waals surface area contributed by atoms with E-state index in [0.717, 1.165) is 21.7 Å². The van der Waals surface area contributed by atoms with E-state index in [0.29, 0.717) is 38.3 Å². The molecule has 1 heterocycles. The maximum atomic E-state index is 13.8. The minimum absolute atomic E-state index is 0.0177. The van der Waals surface area contributed by atoms with Crippen LogP contribution in [0.15, 0.2) is 36.4 Å². The summed E-state index contributed by atoms with van der Waals surface area (Å²) >= 11 is 0. The number of para-hydroxylation sites is 1. The molecule has 0 aliphatic carbocycles. The third-order valence-electron chi connectivity index (χ3n) is 5.55. The number of piperazine rings is 1. The summed E-state index contributed by atoms with van der Waals surface area (Å²) in [5, 5.41) is 3.02. The molecular formula is C23H29FN3O3+. The molecule has 2 N–H and O–H groups in total. The van der Waals surface area contributed by atoms with Crippen molar-refractivity contribution in [3.63, 3.8) is 0 Å². The van der Waals surface area contributed by atoms with Crippen LogP contribution in [0.1, 0.15) is 16.7 Å². The van der Waals surface area contributed by atoms with Crippen molar-refractivity contribution in [2.75, 3.05) is 45.2 Å². The van der Waals surface area contributed by atoms with Gasteiger partial charge in [0.2, 0.25) is 5.91 Å². The molecular weight excluding hydrogens is 385 g/mol. The molecule has 2 aromatic carbocycles. The number of carbonyl (C=O) groups is 2. The number of nitrogens with zero attached hydrogens (tertiary/aromatic N) is 1.